The van der Waals surface area contributed by atoms with Gasteiger partial charge in [0.25, 0.3) is 0 Å². The van der Waals surface area contributed by atoms with Crippen LogP contribution in [0.15, 0.2) is 30.3 Å². The maximum Gasteiger partial charge on any atom is 0.239 e. The molecule has 1 heterocycles. The molecule has 4 nitrogen and oxygen atoms in total. The fourth-order valence-corrected chi connectivity index (χ4v) is 1.99. The summed E-state index contributed by atoms with van der Waals surface area (Å²) < 4.78 is 5.10. The first-order chi connectivity index (χ1) is 9.15. The van der Waals surface area contributed by atoms with Crippen LogP contribution in [0.2, 0.25) is 5.15 Å². The number of ether oxygens (including phenoxy) is 1. The van der Waals surface area contributed by atoms with Gasteiger partial charge in [0.05, 0.1) is 12.7 Å². The molecule has 0 aliphatic heterocycles. The molecule has 0 aliphatic rings. The van der Waals surface area contributed by atoms with Gasteiger partial charge < -0.3 is 9.84 Å². The number of hydrogen-bond acceptors (Lipinski definition) is 4. The van der Waals surface area contributed by atoms with E-state index in [1.807, 2.05) is 24.3 Å². The highest BCUT2D eigenvalue weighted by Crippen LogP contribution is 2.29. The molecule has 100 valence electrons. The minimum absolute atomic E-state index is 0.222. The van der Waals surface area contributed by atoms with Crippen molar-refractivity contribution in [2.75, 3.05) is 7.11 Å². The Morgan fingerprint density at radius 1 is 1.26 bits per heavy atom. The average Bonchev–Trinajstić information content (AvgIpc) is 2.46. The number of aliphatic hydroxyl groups is 1. The van der Waals surface area contributed by atoms with Crippen LogP contribution in [0, 0.1) is 0 Å². The molecule has 1 N–H and O–H groups in total. The summed E-state index contributed by atoms with van der Waals surface area (Å²) in [6, 6.07) is 9.31. The van der Waals surface area contributed by atoms with Gasteiger partial charge in [-0.15, -0.1) is 10.2 Å². The van der Waals surface area contributed by atoms with Crippen LogP contribution >= 0.6 is 11.6 Å². The number of halogens is 1. The molecule has 1 aromatic carbocycles. The van der Waals surface area contributed by atoms with Gasteiger partial charge in [0.1, 0.15) is 6.10 Å². The van der Waals surface area contributed by atoms with E-state index < -0.39 is 6.10 Å². The fourth-order valence-electron chi connectivity index (χ4n) is 1.84. The highest BCUT2D eigenvalue weighted by molar-refractivity contribution is 6.29. The fraction of sp³-hybridized carbons (Fsp3) is 0.286. The zero-order valence-electron chi connectivity index (χ0n) is 10.8. The van der Waals surface area contributed by atoms with Crippen LogP contribution in [0.1, 0.15) is 29.7 Å². The van der Waals surface area contributed by atoms with Crippen molar-refractivity contribution >= 4 is 11.6 Å². The molecule has 0 spiro atoms. The lowest BCUT2D eigenvalue weighted by atomic mass is 10.0. The number of methoxy groups -OCH3 is 1. The van der Waals surface area contributed by atoms with Crippen LogP contribution in [0.4, 0.5) is 0 Å². The summed E-state index contributed by atoms with van der Waals surface area (Å²) in [4.78, 5) is 0. The maximum atomic E-state index is 10.4. The molecule has 0 saturated carbocycles. The number of benzene rings is 1. The van der Waals surface area contributed by atoms with Crippen molar-refractivity contribution in [3.8, 4) is 5.88 Å². The molecule has 1 atom stereocenters. The van der Waals surface area contributed by atoms with Gasteiger partial charge in [0.15, 0.2) is 5.15 Å². The van der Waals surface area contributed by atoms with Crippen molar-refractivity contribution in [1.29, 1.82) is 0 Å². The van der Waals surface area contributed by atoms with Crippen LogP contribution in [-0.4, -0.2) is 22.4 Å². The Morgan fingerprint density at radius 2 is 1.95 bits per heavy atom. The van der Waals surface area contributed by atoms with Gasteiger partial charge in [-0.3, -0.25) is 0 Å². The van der Waals surface area contributed by atoms with Crippen molar-refractivity contribution in [2.45, 2.75) is 19.4 Å². The van der Waals surface area contributed by atoms with E-state index >= 15 is 0 Å². The van der Waals surface area contributed by atoms with Crippen molar-refractivity contribution in [3.63, 3.8) is 0 Å². The Hall–Kier alpha value is -1.65. The molecule has 0 bridgehead atoms. The van der Waals surface area contributed by atoms with Gasteiger partial charge in [0, 0.05) is 0 Å². The molecule has 0 saturated heterocycles. The van der Waals surface area contributed by atoms with E-state index in [0.717, 1.165) is 12.0 Å². The van der Waals surface area contributed by atoms with Crippen LogP contribution in [-0.2, 0) is 6.42 Å². The number of aromatic nitrogens is 2. The van der Waals surface area contributed by atoms with Gasteiger partial charge in [-0.05, 0) is 23.6 Å². The van der Waals surface area contributed by atoms with Gasteiger partial charge in [0.2, 0.25) is 5.88 Å². The molecule has 1 unspecified atom stereocenters. The monoisotopic (exact) mass is 278 g/mol. The van der Waals surface area contributed by atoms with Crippen molar-refractivity contribution in [1.82, 2.24) is 10.2 Å². The van der Waals surface area contributed by atoms with E-state index in [4.69, 9.17) is 16.3 Å². The highest BCUT2D eigenvalue weighted by Gasteiger charge is 2.17. The second-order valence-corrected chi connectivity index (χ2v) is 4.52. The van der Waals surface area contributed by atoms with Gasteiger partial charge in [-0.2, -0.15) is 0 Å². The number of aryl methyl sites for hydroxylation is 1. The molecule has 1 aromatic heterocycles. The lowest BCUT2D eigenvalue weighted by Gasteiger charge is -2.14. The Kier molecular flexibility index (Phi) is 4.35. The second-order valence-electron chi connectivity index (χ2n) is 4.13. The summed E-state index contributed by atoms with van der Waals surface area (Å²) in [6.07, 6.45) is 0.122. The smallest absolute Gasteiger partial charge is 0.239 e. The summed E-state index contributed by atoms with van der Waals surface area (Å²) in [5.74, 6) is 0.275. The minimum atomic E-state index is -0.839. The first-order valence-corrected chi connectivity index (χ1v) is 6.37. The average molecular weight is 279 g/mol. The van der Waals surface area contributed by atoms with E-state index in [2.05, 4.69) is 17.1 Å². The molecule has 0 aliphatic carbocycles. The van der Waals surface area contributed by atoms with E-state index in [-0.39, 0.29) is 11.0 Å². The predicted molar refractivity (Wildman–Crippen MR) is 73.5 cm³/mol. The van der Waals surface area contributed by atoms with Crippen molar-refractivity contribution in [3.05, 3.63) is 52.2 Å². The van der Waals surface area contributed by atoms with E-state index in [1.54, 1.807) is 6.07 Å². The number of hydrogen-bond donors (Lipinski definition) is 1. The van der Waals surface area contributed by atoms with Crippen molar-refractivity contribution in [2.24, 2.45) is 0 Å². The standard InChI is InChI=1S/C14H15ClN2O2/c1-3-9-4-6-10(7-5-9)13(18)11-8-12(15)16-17-14(11)19-2/h4-8,13,18H,3H2,1-2H3. The van der Waals surface area contributed by atoms with Gasteiger partial charge >= 0.3 is 0 Å². The third-order valence-electron chi connectivity index (χ3n) is 2.95. The third kappa shape index (κ3) is 3.03. The molecule has 0 fully saturated rings. The SMILES string of the molecule is CCc1ccc(C(O)c2cc(Cl)nnc2OC)cc1. The third-order valence-corrected chi connectivity index (χ3v) is 3.13. The summed E-state index contributed by atoms with van der Waals surface area (Å²) in [6.45, 7) is 2.08. The molecule has 0 amide bonds. The summed E-state index contributed by atoms with van der Waals surface area (Å²) in [5, 5.41) is 18.1. The molecule has 2 rings (SSSR count). The minimum Gasteiger partial charge on any atom is -0.480 e. The summed E-state index contributed by atoms with van der Waals surface area (Å²) in [5.41, 5.74) is 2.49. The normalized spacial score (nSPS) is 12.2. The number of aliphatic hydroxyl groups excluding tert-OH is 1. The van der Waals surface area contributed by atoms with E-state index in [1.165, 1.54) is 12.7 Å². The molecule has 0 radical (unpaired) electrons. The van der Waals surface area contributed by atoms with Crippen LogP contribution in [0.3, 0.4) is 0 Å². The Labute approximate surface area is 117 Å². The Balaban J connectivity index is 2.36. The summed E-state index contributed by atoms with van der Waals surface area (Å²) >= 11 is 5.81. The Morgan fingerprint density at radius 3 is 2.53 bits per heavy atom. The second kappa shape index (κ2) is 5.99. The number of rotatable bonds is 4. The zero-order valence-corrected chi connectivity index (χ0v) is 11.6. The molecule has 2 aromatic rings. The molecular weight excluding hydrogens is 264 g/mol. The van der Waals surface area contributed by atoms with E-state index in [9.17, 15) is 5.11 Å². The van der Waals surface area contributed by atoms with Crippen LogP contribution < -0.4 is 4.74 Å². The van der Waals surface area contributed by atoms with Gasteiger partial charge in [-0.25, -0.2) is 0 Å². The first-order valence-electron chi connectivity index (χ1n) is 5.99. The summed E-state index contributed by atoms with van der Waals surface area (Å²) in [7, 11) is 1.48. The highest BCUT2D eigenvalue weighted by atomic mass is 35.5. The number of nitrogens with zero attached hydrogens (tertiary/aromatic N) is 2. The van der Waals surface area contributed by atoms with Crippen molar-refractivity contribution < 1.29 is 9.84 Å². The molecule has 19 heavy (non-hydrogen) atoms. The quantitative estimate of drug-likeness (QED) is 0.934. The van der Waals surface area contributed by atoms with Crippen LogP contribution in [0.5, 0.6) is 5.88 Å². The Bertz CT molecular complexity index is 558. The molecule has 5 heteroatoms. The van der Waals surface area contributed by atoms with E-state index in [0.29, 0.717) is 5.56 Å². The topological polar surface area (TPSA) is 55.2 Å². The lowest BCUT2D eigenvalue weighted by molar-refractivity contribution is 0.212. The lowest BCUT2D eigenvalue weighted by Crippen LogP contribution is -2.05. The maximum absolute atomic E-state index is 10.4. The first kappa shape index (κ1) is 13.8. The molecular formula is C14H15ClN2O2. The van der Waals surface area contributed by atoms with Gasteiger partial charge in [-0.1, -0.05) is 42.8 Å². The zero-order chi connectivity index (χ0) is 13.8. The van der Waals surface area contributed by atoms with Crippen LogP contribution in [0.25, 0.3) is 0 Å². The largest absolute Gasteiger partial charge is 0.480 e. The predicted octanol–water partition coefficient (Wildman–Crippen LogP) is 2.78.